The monoisotopic (exact) mass is 1000 g/mol. The minimum absolute atomic E-state index is 0.635. The summed E-state index contributed by atoms with van der Waals surface area (Å²) in [5.74, 6) is 0. The minimum atomic E-state index is 0.635. The third-order valence-corrected chi connectivity index (χ3v) is 31.9. The van der Waals surface area contributed by atoms with Crippen LogP contribution in [0.25, 0.3) is 0 Å². The van der Waals surface area contributed by atoms with E-state index in [0.717, 1.165) is 30.5 Å². The second kappa shape index (κ2) is 18.8. The van der Waals surface area contributed by atoms with Gasteiger partial charge in [0, 0.05) is 10.2 Å². The van der Waals surface area contributed by atoms with Gasteiger partial charge in [-0.2, -0.15) is 0 Å². The van der Waals surface area contributed by atoms with Gasteiger partial charge < -0.3 is 18.9 Å². The number of thioether (sulfide) groups is 18. The van der Waals surface area contributed by atoms with Crippen LogP contribution in [0.1, 0.15) is 13.8 Å². The molecule has 0 saturated carbocycles. The first-order valence-corrected chi connectivity index (χ1v) is 30.5. The molecule has 4 nitrogen and oxygen atoms in total. The molecule has 0 radical (unpaired) electrons. The lowest BCUT2D eigenvalue weighted by Gasteiger charge is -2.13. The van der Waals surface area contributed by atoms with Gasteiger partial charge in [-0.25, -0.2) is 0 Å². The van der Waals surface area contributed by atoms with Gasteiger partial charge in [-0.3, -0.25) is 0 Å². The van der Waals surface area contributed by atoms with Crippen molar-refractivity contribution in [1.82, 2.24) is 0 Å². The van der Waals surface area contributed by atoms with E-state index in [0.29, 0.717) is 26.4 Å². The highest BCUT2D eigenvalue weighted by molar-refractivity contribution is 8.47. The summed E-state index contributed by atoms with van der Waals surface area (Å²) >= 11 is 34.0. The fourth-order valence-corrected chi connectivity index (χ4v) is 29.8. The molecule has 8 aliphatic heterocycles. The zero-order chi connectivity index (χ0) is 34.2. The third-order valence-electron chi connectivity index (χ3n) is 6.40. The predicted molar refractivity (Wildman–Crippen MR) is 257 cm³/mol. The van der Waals surface area contributed by atoms with Gasteiger partial charge in [-0.05, 0) is 83.2 Å². The lowest BCUT2D eigenvalue weighted by molar-refractivity contribution is 0.0949. The van der Waals surface area contributed by atoms with E-state index in [-0.39, 0.29) is 0 Å². The Morgan fingerprint density at radius 2 is 0.640 bits per heavy atom. The van der Waals surface area contributed by atoms with Crippen LogP contribution >= 0.6 is 212 Å². The predicted octanol–water partition coefficient (Wildman–Crippen LogP) is 15.8. The van der Waals surface area contributed by atoms with Crippen LogP contribution in [0.2, 0.25) is 0 Å². The van der Waals surface area contributed by atoms with Crippen molar-refractivity contribution in [3.05, 3.63) is 81.0 Å². The van der Waals surface area contributed by atoms with Crippen molar-refractivity contribution < 1.29 is 18.9 Å². The summed E-state index contributed by atoms with van der Waals surface area (Å²) in [6, 6.07) is 0. The van der Waals surface area contributed by atoms with E-state index in [1.807, 2.05) is 165 Å². The van der Waals surface area contributed by atoms with Crippen LogP contribution in [-0.4, -0.2) is 49.1 Å². The fraction of sp³-hybridized carbons (Fsp3) is 0.357. The molecule has 0 amide bonds. The lowest BCUT2D eigenvalue weighted by Crippen LogP contribution is -2.08. The number of ether oxygens (including phenoxy) is 4. The van der Waals surface area contributed by atoms with Crippen LogP contribution < -0.4 is 0 Å². The van der Waals surface area contributed by atoms with Gasteiger partial charge in [0.05, 0.1) is 50.8 Å². The molecule has 0 fully saturated rings. The standard InChI is InChI=1S/C28H24O4S18/c1-11-12(2)40-23(39-11)26-49-21(37-9-35-19-17(33-3)45-27(47-19)24-41-13-14(42-24)30-6-5-29-13)22(50-26)38-10-36-20-18(34-4)46-28(48-20)25-43-15-16(44-25)32-8-7-31-15/h5-10H2,1-4H3. The molecule has 0 atom stereocenters. The lowest BCUT2D eigenvalue weighted by atomic mass is 10.6. The molecule has 0 N–H and O–H groups in total. The second-order valence-corrected chi connectivity index (χ2v) is 31.5. The highest BCUT2D eigenvalue weighted by atomic mass is 32.3. The van der Waals surface area contributed by atoms with Crippen molar-refractivity contribution in [1.29, 1.82) is 0 Å². The van der Waals surface area contributed by atoms with Crippen molar-refractivity contribution >= 4 is 212 Å². The Balaban J connectivity index is 0.904. The SMILES string of the molecule is CSC1=C(SCSC2=C(SCSC3=C(SC)SC(=C4SC5=C(OCCO5)S4)S3)SC(=C3SC(C)=C(C)S3)S2)SC(=C2SC3=C(OCCO3)S2)S1. The first-order chi connectivity index (χ1) is 24.4. The molecule has 22 heteroatoms. The highest BCUT2D eigenvalue weighted by Crippen LogP contribution is 2.68. The summed E-state index contributed by atoms with van der Waals surface area (Å²) in [6.45, 7) is 7.03. The number of rotatable bonds is 10. The molecule has 8 rings (SSSR count). The summed E-state index contributed by atoms with van der Waals surface area (Å²) in [4.78, 5) is 2.85. The van der Waals surface area contributed by atoms with Gasteiger partial charge >= 0.3 is 0 Å². The zero-order valence-corrected chi connectivity index (χ0v) is 40.9. The van der Waals surface area contributed by atoms with Crippen LogP contribution in [0.3, 0.4) is 0 Å². The van der Waals surface area contributed by atoms with E-state index in [9.17, 15) is 0 Å². The third kappa shape index (κ3) is 9.38. The quantitative estimate of drug-likeness (QED) is 0.195. The summed E-state index contributed by atoms with van der Waals surface area (Å²) in [5, 5.41) is 5.69. The molecule has 268 valence electrons. The molecule has 0 saturated heterocycles. The Hall–Kier alpha value is 3.16. The van der Waals surface area contributed by atoms with E-state index in [1.165, 1.54) is 60.7 Å². The molecule has 0 aromatic heterocycles. The van der Waals surface area contributed by atoms with Crippen molar-refractivity contribution in [3.63, 3.8) is 0 Å². The van der Waals surface area contributed by atoms with Crippen LogP contribution in [0.15, 0.2) is 81.0 Å². The van der Waals surface area contributed by atoms with Crippen molar-refractivity contribution in [2.45, 2.75) is 13.8 Å². The fourth-order valence-electron chi connectivity index (χ4n) is 4.07. The topological polar surface area (TPSA) is 36.9 Å². The molecular formula is C28H24O4S18. The summed E-state index contributed by atoms with van der Waals surface area (Å²) in [5.41, 5.74) is 0. The van der Waals surface area contributed by atoms with Gasteiger partial charge in [-0.15, -0.1) is 70.6 Å². The molecule has 8 aliphatic rings. The first-order valence-electron chi connectivity index (χ1n) is 14.3. The van der Waals surface area contributed by atoms with E-state index < -0.39 is 0 Å². The van der Waals surface area contributed by atoms with E-state index >= 15 is 0 Å². The Kier molecular flexibility index (Phi) is 15.0. The van der Waals surface area contributed by atoms with Crippen LogP contribution in [-0.2, 0) is 18.9 Å². The summed E-state index contributed by atoms with van der Waals surface area (Å²) < 4.78 is 40.0. The maximum atomic E-state index is 5.85. The number of hydrogen-bond donors (Lipinski definition) is 0. The first kappa shape index (κ1) is 40.0. The maximum Gasteiger partial charge on any atom is 0.208 e. The van der Waals surface area contributed by atoms with Gasteiger partial charge in [0.2, 0.25) is 20.4 Å². The summed E-state index contributed by atoms with van der Waals surface area (Å²) in [7, 11) is 0. The van der Waals surface area contributed by atoms with E-state index in [2.05, 4.69) is 26.4 Å². The average molecular weight is 1000 g/mol. The molecule has 0 aromatic rings. The Bertz CT molecular complexity index is 1610. The van der Waals surface area contributed by atoms with Gasteiger partial charge in [0.25, 0.3) is 0 Å². The minimum Gasteiger partial charge on any atom is -0.480 e. The Morgan fingerprint density at radius 3 is 0.960 bits per heavy atom. The van der Waals surface area contributed by atoms with Crippen molar-refractivity contribution in [3.8, 4) is 0 Å². The highest BCUT2D eigenvalue weighted by Gasteiger charge is 2.36. The van der Waals surface area contributed by atoms with Gasteiger partial charge in [-0.1, -0.05) is 94.1 Å². The smallest absolute Gasteiger partial charge is 0.208 e. The largest absolute Gasteiger partial charge is 0.480 e. The van der Waals surface area contributed by atoms with Crippen LogP contribution in [0.5, 0.6) is 0 Å². The molecule has 50 heavy (non-hydrogen) atoms. The van der Waals surface area contributed by atoms with Crippen molar-refractivity contribution in [2.75, 3.05) is 49.1 Å². The average Bonchev–Trinajstić information content (AvgIpc) is 3.97. The summed E-state index contributed by atoms with van der Waals surface area (Å²) in [6.07, 6.45) is 4.38. The molecule has 0 unspecified atom stereocenters. The van der Waals surface area contributed by atoms with Crippen molar-refractivity contribution in [2.24, 2.45) is 0 Å². The van der Waals surface area contributed by atoms with E-state index in [1.54, 1.807) is 47.0 Å². The zero-order valence-electron chi connectivity index (χ0n) is 26.2. The molecule has 0 aromatic carbocycles. The number of hydrogen-bond acceptors (Lipinski definition) is 22. The maximum absolute atomic E-state index is 5.85. The normalized spacial score (nSPS) is 24.1. The molecular weight excluding hydrogens is 978 g/mol. The number of allylic oxidation sites excluding steroid dienone is 2. The Labute approximate surface area is 369 Å². The molecule has 8 heterocycles. The van der Waals surface area contributed by atoms with Crippen LogP contribution in [0, 0.1) is 0 Å². The molecule has 0 aliphatic carbocycles. The molecule has 0 bridgehead atoms. The van der Waals surface area contributed by atoms with Crippen LogP contribution in [0.4, 0.5) is 0 Å². The van der Waals surface area contributed by atoms with E-state index in [4.69, 9.17) is 18.9 Å². The molecule has 0 spiro atoms. The van der Waals surface area contributed by atoms with Gasteiger partial charge in [0.15, 0.2) is 0 Å². The second-order valence-electron chi connectivity index (χ2n) is 9.55. The van der Waals surface area contributed by atoms with Gasteiger partial charge in [0.1, 0.15) is 26.4 Å². The Morgan fingerprint density at radius 1 is 0.380 bits per heavy atom.